The highest BCUT2D eigenvalue weighted by Gasteiger charge is 2.27. The van der Waals surface area contributed by atoms with Gasteiger partial charge in [-0.3, -0.25) is 9.89 Å². The van der Waals surface area contributed by atoms with Crippen molar-refractivity contribution in [3.8, 4) is 5.75 Å². The standard InChI is InChI=1S/C21H34N4O2.HI/c1-4-25(18-7-8-18)11-10-23-21(22-3)24-14-17-6-5-16(2)13-20(17)27-19-9-12-26-15-19;/h5-6,13,18-19H,4,7-12,14-15H2,1-3H3,(H2,22,23,24);1H. The molecule has 0 spiro atoms. The van der Waals surface area contributed by atoms with Crippen LogP contribution in [0.1, 0.15) is 37.3 Å². The van der Waals surface area contributed by atoms with E-state index in [1.807, 2.05) is 7.05 Å². The number of guanidine groups is 1. The van der Waals surface area contributed by atoms with Gasteiger partial charge in [0.1, 0.15) is 11.9 Å². The molecule has 1 unspecified atom stereocenters. The van der Waals surface area contributed by atoms with Gasteiger partial charge in [-0.15, -0.1) is 24.0 Å². The summed E-state index contributed by atoms with van der Waals surface area (Å²) in [5.41, 5.74) is 2.35. The Bertz CT molecular complexity index is 631. The van der Waals surface area contributed by atoms with E-state index in [1.54, 1.807) is 0 Å². The fraction of sp³-hybridized carbons (Fsp3) is 0.667. The van der Waals surface area contributed by atoms with Gasteiger partial charge in [0.25, 0.3) is 0 Å². The first-order valence-electron chi connectivity index (χ1n) is 10.2. The van der Waals surface area contributed by atoms with E-state index in [0.29, 0.717) is 13.2 Å². The monoisotopic (exact) mass is 502 g/mol. The van der Waals surface area contributed by atoms with E-state index in [2.05, 4.69) is 52.6 Å². The molecule has 0 amide bonds. The lowest BCUT2D eigenvalue weighted by molar-refractivity contribution is 0.140. The summed E-state index contributed by atoms with van der Waals surface area (Å²) < 4.78 is 11.6. The Hall–Kier alpha value is -1.06. The van der Waals surface area contributed by atoms with Crippen LogP contribution in [0.2, 0.25) is 0 Å². The summed E-state index contributed by atoms with van der Waals surface area (Å²) >= 11 is 0. The zero-order chi connectivity index (χ0) is 19.1. The average Bonchev–Trinajstić information content (AvgIpc) is 3.39. The number of ether oxygens (including phenoxy) is 2. The minimum absolute atomic E-state index is 0. The fourth-order valence-corrected chi connectivity index (χ4v) is 3.46. The smallest absolute Gasteiger partial charge is 0.191 e. The van der Waals surface area contributed by atoms with E-state index in [1.165, 1.54) is 18.4 Å². The van der Waals surface area contributed by atoms with E-state index >= 15 is 0 Å². The molecule has 2 aliphatic rings. The Morgan fingerprint density at radius 3 is 2.75 bits per heavy atom. The minimum Gasteiger partial charge on any atom is -0.488 e. The minimum atomic E-state index is 0. The van der Waals surface area contributed by atoms with Gasteiger partial charge in [-0.2, -0.15) is 0 Å². The molecule has 2 N–H and O–H groups in total. The molecule has 2 fully saturated rings. The highest BCUT2D eigenvalue weighted by molar-refractivity contribution is 14.0. The first-order valence-corrected chi connectivity index (χ1v) is 10.2. The van der Waals surface area contributed by atoms with Crippen molar-refractivity contribution >= 4 is 29.9 Å². The molecule has 158 valence electrons. The molecule has 3 rings (SSSR count). The van der Waals surface area contributed by atoms with Gasteiger partial charge >= 0.3 is 0 Å². The van der Waals surface area contributed by atoms with Crippen molar-refractivity contribution in [3.63, 3.8) is 0 Å². The quantitative estimate of drug-likeness (QED) is 0.309. The third kappa shape index (κ3) is 7.08. The van der Waals surface area contributed by atoms with Crippen LogP contribution < -0.4 is 15.4 Å². The Balaban J connectivity index is 0.00000280. The van der Waals surface area contributed by atoms with Crippen molar-refractivity contribution in [1.29, 1.82) is 0 Å². The van der Waals surface area contributed by atoms with Gasteiger partial charge in [0.05, 0.1) is 13.2 Å². The molecule has 0 aromatic heterocycles. The number of halogens is 1. The van der Waals surface area contributed by atoms with E-state index in [9.17, 15) is 0 Å². The molecule has 0 bridgehead atoms. The van der Waals surface area contributed by atoms with Crippen LogP contribution >= 0.6 is 24.0 Å². The number of hydrogen-bond acceptors (Lipinski definition) is 4. The van der Waals surface area contributed by atoms with Gasteiger partial charge in [0.15, 0.2) is 5.96 Å². The number of aryl methyl sites for hydroxylation is 1. The summed E-state index contributed by atoms with van der Waals surface area (Å²) in [5.74, 6) is 1.77. The first kappa shape index (κ1) is 23.2. The summed E-state index contributed by atoms with van der Waals surface area (Å²) in [6.45, 7) is 9.56. The number of aliphatic imine (C=N–C) groups is 1. The molecule has 1 heterocycles. The van der Waals surface area contributed by atoms with Crippen LogP contribution in [0.5, 0.6) is 5.75 Å². The molecule has 0 radical (unpaired) electrons. The molecule has 28 heavy (non-hydrogen) atoms. The largest absolute Gasteiger partial charge is 0.488 e. The Labute approximate surface area is 186 Å². The Kier molecular flexibility index (Phi) is 9.81. The van der Waals surface area contributed by atoms with Crippen LogP contribution in [0.3, 0.4) is 0 Å². The molecule has 1 aliphatic heterocycles. The number of nitrogens with one attached hydrogen (secondary N) is 2. The SMILES string of the molecule is CCN(CCNC(=NC)NCc1ccc(C)cc1OC1CCOC1)C1CC1.I. The predicted molar refractivity (Wildman–Crippen MR) is 125 cm³/mol. The molecular formula is C21H35IN4O2. The van der Waals surface area contributed by atoms with Gasteiger partial charge < -0.3 is 20.1 Å². The lowest BCUT2D eigenvalue weighted by atomic mass is 10.1. The lowest BCUT2D eigenvalue weighted by Crippen LogP contribution is -2.41. The molecule has 1 aromatic carbocycles. The van der Waals surface area contributed by atoms with E-state index in [0.717, 1.165) is 56.0 Å². The van der Waals surface area contributed by atoms with Crippen LogP contribution in [0.25, 0.3) is 0 Å². The maximum Gasteiger partial charge on any atom is 0.191 e. The highest BCUT2D eigenvalue weighted by Crippen LogP contribution is 2.26. The third-order valence-electron chi connectivity index (χ3n) is 5.24. The molecule has 1 aromatic rings. The van der Waals surface area contributed by atoms with Gasteiger partial charge in [-0.25, -0.2) is 0 Å². The van der Waals surface area contributed by atoms with Crippen molar-refractivity contribution in [2.24, 2.45) is 4.99 Å². The van der Waals surface area contributed by atoms with E-state index in [-0.39, 0.29) is 30.1 Å². The summed E-state index contributed by atoms with van der Waals surface area (Å²) in [4.78, 5) is 6.89. The maximum absolute atomic E-state index is 6.18. The lowest BCUT2D eigenvalue weighted by Gasteiger charge is -2.21. The fourth-order valence-electron chi connectivity index (χ4n) is 3.46. The second kappa shape index (κ2) is 11.8. The number of rotatable bonds is 9. The van der Waals surface area contributed by atoms with Gasteiger partial charge in [-0.05, 0) is 37.9 Å². The van der Waals surface area contributed by atoms with E-state index in [4.69, 9.17) is 9.47 Å². The van der Waals surface area contributed by atoms with Crippen LogP contribution in [0.4, 0.5) is 0 Å². The molecule has 6 nitrogen and oxygen atoms in total. The highest BCUT2D eigenvalue weighted by atomic mass is 127. The summed E-state index contributed by atoms with van der Waals surface area (Å²) in [6, 6.07) is 7.17. The molecular weight excluding hydrogens is 467 g/mol. The molecule has 1 aliphatic carbocycles. The third-order valence-corrected chi connectivity index (χ3v) is 5.24. The van der Waals surface area contributed by atoms with Crippen LogP contribution in [0, 0.1) is 6.92 Å². The van der Waals surface area contributed by atoms with Crippen molar-refractivity contribution in [1.82, 2.24) is 15.5 Å². The topological polar surface area (TPSA) is 58.1 Å². The number of benzene rings is 1. The first-order chi connectivity index (χ1) is 13.2. The average molecular weight is 502 g/mol. The zero-order valence-corrected chi connectivity index (χ0v) is 19.7. The summed E-state index contributed by atoms with van der Waals surface area (Å²) in [7, 11) is 1.82. The zero-order valence-electron chi connectivity index (χ0n) is 17.4. The molecule has 1 saturated carbocycles. The Morgan fingerprint density at radius 1 is 1.29 bits per heavy atom. The van der Waals surface area contributed by atoms with Crippen molar-refractivity contribution < 1.29 is 9.47 Å². The van der Waals surface area contributed by atoms with Crippen LogP contribution in [-0.4, -0.2) is 62.9 Å². The molecule has 1 atom stereocenters. The van der Waals surface area contributed by atoms with Crippen molar-refractivity contribution in [2.45, 2.75) is 51.8 Å². The van der Waals surface area contributed by atoms with Gasteiger partial charge in [0, 0.05) is 44.7 Å². The van der Waals surface area contributed by atoms with E-state index < -0.39 is 0 Å². The molecule has 1 saturated heterocycles. The van der Waals surface area contributed by atoms with Crippen molar-refractivity contribution in [3.05, 3.63) is 29.3 Å². The number of hydrogen-bond donors (Lipinski definition) is 2. The second-order valence-corrected chi connectivity index (χ2v) is 7.43. The van der Waals surface area contributed by atoms with Gasteiger partial charge in [0.2, 0.25) is 0 Å². The summed E-state index contributed by atoms with van der Waals surface area (Å²) in [6.07, 6.45) is 3.82. The summed E-state index contributed by atoms with van der Waals surface area (Å²) in [5, 5.41) is 6.84. The number of likely N-dealkylation sites (N-methyl/N-ethyl adjacent to an activating group) is 1. The maximum atomic E-state index is 6.18. The number of nitrogens with zero attached hydrogens (tertiary/aromatic N) is 2. The normalized spacial score (nSPS) is 19.4. The predicted octanol–water partition coefficient (Wildman–Crippen LogP) is 2.93. The van der Waals surface area contributed by atoms with Gasteiger partial charge in [-0.1, -0.05) is 19.1 Å². The Morgan fingerprint density at radius 2 is 2.11 bits per heavy atom. The van der Waals surface area contributed by atoms with Crippen LogP contribution in [-0.2, 0) is 11.3 Å². The molecule has 7 heteroatoms. The van der Waals surface area contributed by atoms with Crippen molar-refractivity contribution in [2.75, 3.05) is 39.9 Å². The van der Waals surface area contributed by atoms with Crippen LogP contribution in [0.15, 0.2) is 23.2 Å². The second-order valence-electron chi connectivity index (χ2n) is 7.43.